The molecule has 56 heavy (non-hydrogen) atoms. The molecule has 3 aromatic rings. The predicted molar refractivity (Wildman–Crippen MR) is 205 cm³/mol. The lowest BCUT2D eigenvalue weighted by molar-refractivity contribution is -0.146. The number of hydrogen-bond acceptors (Lipinski definition) is 11. The van der Waals surface area contributed by atoms with Gasteiger partial charge in [-0.2, -0.15) is 0 Å². The summed E-state index contributed by atoms with van der Waals surface area (Å²) in [5.74, 6) is -3.15. The van der Waals surface area contributed by atoms with Crippen molar-refractivity contribution < 1.29 is 47.7 Å². The summed E-state index contributed by atoms with van der Waals surface area (Å²) in [7, 11) is 0. The molecule has 13 nitrogen and oxygen atoms in total. The second-order valence-electron chi connectivity index (χ2n) is 13.9. The molecule has 4 aliphatic rings. The Morgan fingerprint density at radius 2 is 1.59 bits per heavy atom. The molecule has 14 heteroatoms. The minimum absolute atomic E-state index is 0.0489. The van der Waals surface area contributed by atoms with E-state index in [1.54, 1.807) is 12.2 Å². The van der Waals surface area contributed by atoms with Crippen molar-refractivity contribution in [1.29, 1.82) is 0 Å². The Hall–Kier alpha value is -5.73. The summed E-state index contributed by atoms with van der Waals surface area (Å²) in [6, 6.07) is 23.9. The maximum Gasteiger partial charge on any atom is 0.407 e. The molecule has 2 N–H and O–H groups in total. The Morgan fingerprint density at radius 3 is 2.30 bits per heavy atom. The number of benzene rings is 3. The van der Waals surface area contributed by atoms with E-state index in [0.717, 1.165) is 39.6 Å². The molecule has 1 aliphatic carbocycles. The summed E-state index contributed by atoms with van der Waals surface area (Å²) in [4.78, 5) is 79.0. The first-order chi connectivity index (χ1) is 27.2. The predicted octanol–water partition coefficient (Wildman–Crippen LogP) is 4.90. The van der Waals surface area contributed by atoms with Crippen molar-refractivity contribution in [3.63, 3.8) is 0 Å². The monoisotopic (exact) mass is 779 g/mol. The first kappa shape index (κ1) is 38.5. The molecule has 0 saturated carbocycles. The molecule has 0 spiro atoms. The van der Waals surface area contributed by atoms with Crippen LogP contribution in [0.2, 0.25) is 0 Å². The van der Waals surface area contributed by atoms with Crippen LogP contribution in [0.5, 0.6) is 0 Å². The number of carbonyl (C=O) groups is 6. The van der Waals surface area contributed by atoms with Gasteiger partial charge in [-0.05, 0) is 40.3 Å². The topological polar surface area (TPSA) is 167 Å². The molecule has 0 radical (unpaired) electrons. The third-order valence-corrected chi connectivity index (χ3v) is 11.4. The average molecular weight is 780 g/mol. The van der Waals surface area contributed by atoms with Gasteiger partial charge in [0.1, 0.15) is 31.5 Å². The van der Waals surface area contributed by atoms with E-state index in [2.05, 4.69) is 17.2 Å². The van der Waals surface area contributed by atoms with Crippen LogP contribution in [0.3, 0.4) is 0 Å². The summed E-state index contributed by atoms with van der Waals surface area (Å²) < 4.78 is 22.2. The third-order valence-electron chi connectivity index (χ3n) is 10.4. The number of thioether (sulfide) groups is 1. The SMILES string of the molecule is C=CCOC(=O)C(CSC(=O)CCCNC(=O)OCC12C=CC(O1)C1C(=O)N(Cc3ccccc3)C(=O)C12)NC(=O)OCC1c2ccccc2-c2ccccc21. The lowest BCUT2D eigenvalue weighted by atomic mass is 9.77. The van der Waals surface area contributed by atoms with Crippen LogP contribution < -0.4 is 10.6 Å². The Labute approximate surface area is 327 Å². The van der Waals surface area contributed by atoms with Gasteiger partial charge >= 0.3 is 18.2 Å². The van der Waals surface area contributed by atoms with Gasteiger partial charge in [-0.15, -0.1) is 0 Å². The molecular weight excluding hydrogens is 739 g/mol. The Kier molecular flexibility index (Phi) is 11.7. The largest absolute Gasteiger partial charge is 0.460 e. The van der Waals surface area contributed by atoms with E-state index in [1.165, 1.54) is 11.0 Å². The van der Waals surface area contributed by atoms with Crippen molar-refractivity contribution >= 4 is 46.8 Å². The molecule has 290 valence electrons. The van der Waals surface area contributed by atoms with Crippen LogP contribution in [0.25, 0.3) is 11.1 Å². The highest BCUT2D eigenvalue weighted by atomic mass is 32.2. The van der Waals surface area contributed by atoms with Gasteiger partial charge < -0.3 is 29.6 Å². The van der Waals surface area contributed by atoms with Crippen LogP contribution >= 0.6 is 11.8 Å². The summed E-state index contributed by atoms with van der Waals surface area (Å²) in [5, 5.41) is 4.87. The molecule has 4 amide bonds. The van der Waals surface area contributed by atoms with Crippen LogP contribution in [-0.4, -0.2) is 89.9 Å². The first-order valence-electron chi connectivity index (χ1n) is 18.4. The van der Waals surface area contributed by atoms with Gasteiger partial charge in [0.2, 0.25) is 11.8 Å². The van der Waals surface area contributed by atoms with Crippen molar-refractivity contribution in [2.24, 2.45) is 11.8 Å². The smallest absolute Gasteiger partial charge is 0.407 e. The molecule has 2 saturated heterocycles. The van der Waals surface area contributed by atoms with Crippen molar-refractivity contribution in [1.82, 2.24) is 15.5 Å². The molecule has 5 atom stereocenters. The Balaban J connectivity index is 0.840. The number of likely N-dealkylation sites (tertiary alicyclic amines) is 1. The lowest BCUT2D eigenvalue weighted by Gasteiger charge is -2.28. The number of hydrogen-bond donors (Lipinski definition) is 2. The number of carbonyl (C=O) groups excluding carboxylic acids is 6. The van der Waals surface area contributed by atoms with Crippen LogP contribution in [0.1, 0.15) is 35.4 Å². The summed E-state index contributed by atoms with van der Waals surface area (Å²) in [5.41, 5.74) is 3.83. The molecule has 2 bridgehead atoms. The molecule has 3 aromatic carbocycles. The van der Waals surface area contributed by atoms with Gasteiger partial charge in [0.15, 0.2) is 5.12 Å². The van der Waals surface area contributed by atoms with Gasteiger partial charge in [-0.3, -0.25) is 19.3 Å². The van der Waals surface area contributed by atoms with Gasteiger partial charge in [0.25, 0.3) is 0 Å². The van der Waals surface area contributed by atoms with Gasteiger partial charge in [-0.1, -0.05) is 109 Å². The fourth-order valence-corrected chi connectivity index (χ4v) is 8.60. The van der Waals surface area contributed by atoms with Crippen LogP contribution in [0, 0.1) is 11.8 Å². The zero-order valence-corrected chi connectivity index (χ0v) is 31.2. The second-order valence-corrected chi connectivity index (χ2v) is 15.0. The van der Waals surface area contributed by atoms with Gasteiger partial charge in [0.05, 0.1) is 24.5 Å². The van der Waals surface area contributed by atoms with Crippen molar-refractivity contribution in [3.8, 4) is 11.1 Å². The Bertz CT molecular complexity index is 2010. The molecule has 2 fully saturated rings. The number of esters is 1. The molecular formula is C42H41N3O10S. The highest BCUT2D eigenvalue weighted by Crippen LogP contribution is 2.52. The number of alkyl carbamates (subject to hydrolysis) is 2. The molecule has 3 heterocycles. The van der Waals surface area contributed by atoms with E-state index in [1.807, 2.05) is 78.9 Å². The summed E-state index contributed by atoms with van der Waals surface area (Å²) >= 11 is 0.848. The number of nitrogens with one attached hydrogen (secondary N) is 2. The number of nitrogens with zero attached hydrogens (tertiary/aromatic N) is 1. The van der Waals surface area contributed by atoms with Crippen molar-refractivity contribution in [3.05, 3.63) is 120 Å². The minimum atomic E-state index is -1.24. The van der Waals surface area contributed by atoms with E-state index in [0.29, 0.717) is 0 Å². The third kappa shape index (κ3) is 7.98. The van der Waals surface area contributed by atoms with E-state index < -0.39 is 47.7 Å². The van der Waals surface area contributed by atoms with E-state index in [-0.39, 0.29) is 74.4 Å². The summed E-state index contributed by atoms with van der Waals surface area (Å²) in [6.45, 7) is 3.51. The minimum Gasteiger partial charge on any atom is -0.460 e. The second kappa shape index (κ2) is 17.0. The van der Waals surface area contributed by atoms with E-state index in [4.69, 9.17) is 18.9 Å². The number of fused-ring (bicyclic) bond motifs is 8. The van der Waals surface area contributed by atoms with E-state index in [9.17, 15) is 28.8 Å². The number of amides is 4. The molecule has 3 aliphatic heterocycles. The standard InChI is InChI=1S/C42H41N3O10S/c1-2-21-52-39(49)32(44-41(51)53-23-31-29-15-8-6-13-27(29)28-14-7-9-16-30(28)31)24-56-34(46)17-10-20-43-40(50)54-25-42-19-18-33(55-42)35-36(42)38(48)45(37(35)47)22-26-11-4-3-5-12-26/h2-9,11-16,18-19,31-33,35-36H,1,10,17,20-25H2,(H,43,50)(H,44,51). The molecule has 5 unspecified atom stereocenters. The van der Waals surface area contributed by atoms with Crippen molar-refractivity contribution in [2.75, 3.05) is 32.1 Å². The lowest BCUT2D eigenvalue weighted by Crippen LogP contribution is -2.45. The average Bonchev–Trinajstić information content (AvgIpc) is 3.95. The zero-order chi connectivity index (χ0) is 39.2. The summed E-state index contributed by atoms with van der Waals surface area (Å²) in [6.07, 6.45) is 2.98. The number of ether oxygens (including phenoxy) is 4. The molecule has 7 rings (SSSR count). The van der Waals surface area contributed by atoms with Crippen LogP contribution in [0.4, 0.5) is 9.59 Å². The number of imide groups is 1. The fraction of sp³-hybridized carbons (Fsp3) is 0.333. The molecule has 0 aromatic heterocycles. The maximum absolute atomic E-state index is 13.4. The van der Waals surface area contributed by atoms with Crippen LogP contribution in [-0.2, 0) is 44.7 Å². The van der Waals surface area contributed by atoms with Gasteiger partial charge in [-0.25, -0.2) is 14.4 Å². The highest BCUT2D eigenvalue weighted by Gasteiger charge is 2.68. The number of rotatable bonds is 16. The Morgan fingerprint density at radius 1 is 0.893 bits per heavy atom. The highest BCUT2D eigenvalue weighted by molar-refractivity contribution is 8.13. The maximum atomic E-state index is 13.4. The quantitative estimate of drug-likeness (QED) is 0.0668. The van der Waals surface area contributed by atoms with Crippen molar-refractivity contribution in [2.45, 2.75) is 43.1 Å². The first-order valence-corrected chi connectivity index (χ1v) is 19.4. The fourth-order valence-electron chi connectivity index (χ4n) is 7.74. The normalized spacial score (nSPS) is 21.9. The van der Waals surface area contributed by atoms with E-state index >= 15 is 0 Å². The van der Waals surface area contributed by atoms with Crippen LogP contribution in [0.15, 0.2) is 104 Å². The zero-order valence-electron chi connectivity index (χ0n) is 30.4. The van der Waals surface area contributed by atoms with Gasteiger partial charge in [0, 0.05) is 24.6 Å².